The minimum atomic E-state index is -0.383. The molecule has 2 amide bonds. The van der Waals surface area contributed by atoms with Gasteiger partial charge in [-0.25, -0.2) is 0 Å². The van der Waals surface area contributed by atoms with Crippen molar-refractivity contribution in [3.05, 3.63) is 24.2 Å². The fraction of sp³-hybridized carbons (Fsp3) is 0.625. The topological polar surface area (TPSA) is 62.6 Å². The number of hydrogen-bond acceptors (Lipinski definition) is 3. The minimum Gasteiger partial charge on any atom is -0.469 e. The molecule has 5 nitrogen and oxygen atoms in total. The number of carbonyl (C=O) groups excluding carboxylic acids is 2. The van der Waals surface area contributed by atoms with Gasteiger partial charge in [0.15, 0.2) is 0 Å². The Morgan fingerprint density at radius 3 is 2.67 bits per heavy atom. The lowest BCUT2D eigenvalue weighted by molar-refractivity contribution is -0.152. The molecule has 2 rings (SSSR count). The van der Waals surface area contributed by atoms with E-state index in [4.69, 9.17) is 4.42 Å². The molecule has 21 heavy (non-hydrogen) atoms. The van der Waals surface area contributed by atoms with Gasteiger partial charge in [-0.05, 0) is 38.3 Å². The summed E-state index contributed by atoms with van der Waals surface area (Å²) < 4.78 is 5.33. The molecule has 1 aliphatic heterocycles. The van der Waals surface area contributed by atoms with Crippen LogP contribution in [-0.4, -0.2) is 34.8 Å². The van der Waals surface area contributed by atoms with E-state index in [0.717, 1.165) is 18.6 Å². The van der Waals surface area contributed by atoms with E-state index >= 15 is 0 Å². The van der Waals surface area contributed by atoms with Gasteiger partial charge >= 0.3 is 0 Å². The smallest absolute Gasteiger partial charge is 0.246 e. The van der Waals surface area contributed by atoms with Gasteiger partial charge in [0.05, 0.1) is 6.26 Å². The molecule has 1 N–H and O–H groups in total. The van der Waals surface area contributed by atoms with Crippen molar-refractivity contribution in [3.63, 3.8) is 0 Å². The standard InChI is InChI=1S/C16H24N2O3/c1-4-13-16(20)18(14(5-2)15(19)17-13)11(3)8-9-12-7-6-10-21-12/h6-7,10-11,13-14H,4-5,8-9H2,1-3H3,(H,17,19). The van der Waals surface area contributed by atoms with Crippen LogP contribution in [0.5, 0.6) is 0 Å². The lowest BCUT2D eigenvalue weighted by atomic mass is 9.99. The number of nitrogens with zero attached hydrogens (tertiary/aromatic N) is 1. The van der Waals surface area contributed by atoms with Crippen molar-refractivity contribution in [2.24, 2.45) is 0 Å². The molecule has 2 heterocycles. The Hall–Kier alpha value is -1.78. The Kier molecular flexibility index (Phi) is 5.04. The van der Waals surface area contributed by atoms with Crippen LogP contribution in [0.2, 0.25) is 0 Å². The lowest BCUT2D eigenvalue weighted by Gasteiger charge is -2.42. The molecule has 1 fully saturated rings. The molecule has 0 spiro atoms. The molecule has 5 heteroatoms. The maximum absolute atomic E-state index is 12.6. The maximum Gasteiger partial charge on any atom is 0.246 e. The third-order valence-electron chi connectivity index (χ3n) is 4.17. The number of hydrogen-bond donors (Lipinski definition) is 1. The molecular weight excluding hydrogens is 268 g/mol. The van der Waals surface area contributed by atoms with Crippen molar-refractivity contribution in [2.75, 3.05) is 0 Å². The molecule has 116 valence electrons. The normalized spacial score (nSPS) is 24.0. The quantitative estimate of drug-likeness (QED) is 0.873. The molecule has 1 aliphatic rings. The van der Waals surface area contributed by atoms with Crippen LogP contribution in [0.3, 0.4) is 0 Å². The van der Waals surface area contributed by atoms with E-state index in [1.165, 1.54) is 0 Å². The molecule has 0 aliphatic carbocycles. The Balaban J connectivity index is 2.08. The van der Waals surface area contributed by atoms with E-state index in [1.54, 1.807) is 11.2 Å². The van der Waals surface area contributed by atoms with Crippen LogP contribution in [0.25, 0.3) is 0 Å². The van der Waals surface area contributed by atoms with E-state index in [1.807, 2.05) is 32.9 Å². The molecule has 0 saturated carbocycles. The highest BCUT2D eigenvalue weighted by molar-refractivity contribution is 5.97. The number of rotatable bonds is 6. The molecule has 1 saturated heterocycles. The summed E-state index contributed by atoms with van der Waals surface area (Å²) in [5, 5.41) is 2.82. The number of carbonyl (C=O) groups is 2. The van der Waals surface area contributed by atoms with Gasteiger partial charge in [0, 0.05) is 12.5 Å². The van der Waals surface area contributed by atoms with Gasteiger partial charge in [0.1, 0.15) is 17.8 Å². The molecular formula is C16H24N2O3. The number of amides is 2. The summed E-state index contributed by atoms with van der Waals surface area (Å²) in [6.45, 7) is 5.87. The van der Waals surface area contributed by atoms with E-state index in [0.29, 0.717) is 12.8 Å². The predicted molar refractivity (Wildman–Crippen MR) is 79.6 cm³/mol. The molecule has 3 unspecified atom stereocenters. The average Bonchev–Trinajstić information content (AvgIpc) is 2.99. The first-order valence-corrected chi connectivity index (χ1v) is 7.73. The van der Waals surface area contributed by atoms with Gasteiger partial charge in [-0.15, -0.1) is 0 Å². The van der Waals surface area contributed by atoms with E-state index in [2.05, 4.69) is 5.32 Å². The Bertz CT molecular complexity index is 484. The first kappa shape index (κ1) is 15.6. The second-order valence-corrected chi connectivity index (χ2v) is 5.61. The third-order valence-corrected chi connectivity index (χ3v) is 4.17. The molecule has 0 aromatic carbocycles. The zero-order valence-electron chi connectivity index (χ0n) is 13.0. The second kappa shape index (κ2) is 6.78. The van der Waals surface area contributed by atoms with Crippen molar-refractivity contribution in [3.8, 4) is 0 Å². The zero-order chi connectivity index (χ0) is 15.4. The van der Waals surface area contributed by atoms with Crippen LogP contribution in [0.1, 0.15) is 45.8 Å². The van der Waals surface area contributed by atoms with Crippen LogP contribution in [0.4, 0.5) is 0 Å². The van der Waals surface area contributed by atoms with Gasteiger partial charge in [-0.1, -0.05) is 13.8 Å². The largest absolute Gasteiger partial charge is 0.469 e. The maximum atomic E-state index is 12.6. The molecule has 1 aromatic rings. The highest BCUT2D eigenvalue weighted by Crippen LogP contribution is 2.21. The van der Waals surface area contributed by atoms with Crippen LogP contribution >= 0.6 is 0 Å². The fourth-order valence-corrected chi connectivity index (χ4v) is 2.92. The predicted octanol–water partition coefficient (Wildman–Crippen LogP) is 2.12. The second-order valence-electron chi connectivity index (χ2n) is 5.61. The Morgan fingerprint density at radius 1 is 1.33 bits per heavy atom. The van der Waals surface area contributed by atoms with Crippen LogP contribution in [0.15, 0.2) is 22.8 Å². The van der Waals surface area contributed by atoms with E-state index in [9.17, 15) is 9.59 Å². The third kappa shape index (κ3) is 3.28. The summed E-state index contributed by atoms with van der Waals surface area (Å²) in [7, 11) is 0. The fourth-order valence-electron chi connectivity index (χ4n) is 2.92. The van der Waals surface area contributed by atoms with Gasteiger partial charge in [-0.3, -0.25) is 9.59 Å². The summed E-state index contributed by atoms with van der Waals surface area (Å²) in [6.07, 6.45) is 4.48. The summed E-state index contributed by atoms with van der Waals surface area (Å²) >= 11 is 0. The first-order valence-electron chi connectivity index (χ1n) is 7.73. The number of piperazine rings is 1. The van der Waals surface area contributed by atoms with Gasteiger partial charge in [0.25, 0.3) is 0 Å². The van der Waals surface area contributed by atoms with Gasteiger partial charge in [0.2, 0.25) is 11.8 Å². The minimum absolute atomic E-state index is 0.0210. The van der Waals surface area contributed by atoms with E-state index in [-0.39, 0.29) is 29.9 Å². The molecule has 0 radical (unpaired) electrons. The zero-order valence-corrected chi connectivity index (χ0v) is 13.0. The summed E-state index contributed by atoms with van der Waals surface area (Å²) in [5.41, 5.74) is 0. The number of furan rings is 1. The highest BCUT2D eigenvalue weighted by atomic mass is 16.3. The van der Waals surface area contributed by atoms with Gasteiger partial charge in [-0.2, -0.15) is 0 Å². The van der Waals surface area contributed by atoms with Crippen molar-refractivity contribution in [1.82, 2.24) is 10.2 Å². The monoisotopic (exact) mass is 292 g/mol. The number of aryl methyl sites for hydroxylation is 1. The molecule has 1 aromatic heterocycles. The van der Waals surface area contributed by atoms with Crippen molar-refractivity contribution < 1.29 is 14.0 Å². The number of nitrogens with one attached hydrogen (secondary N) is 1. The van der Waals surface area contributed by atoms with Crippen LogP contribution in [-0.2, 0) is 16.0 Å². The Morgan fingerprint density at radius 2 is 2.10 bits per heavy atom. The molecule has 3 atom stereocenters. The molecule has 0 bridgehead atoms. The highest BCUT2D eigenvalue weighted by Gasteiger charge is 2.40. The van der Waals surface area contributed by atoms with Crippen molar-refractivity contribution >= 4 is 11.8 Å². The summed E-state index contributed by atoms with van der Waals surface area (Å²) in [4.78, 5) is 26.5. The van der Waals surface area contributed by atoms with Crippen molar-refractivity contribution in [1.29, 1.82) is 0 Å². The van der Waals surface area contributed by atoms with Crippen LogP contribution in [0, 0.1) is 0 Å². The average molecular weight is 292 g/mol. The van der Waals surface area contributed by atoms with Crippen molar-refractivity contribution in [2.45, 2.75) is 64.6 Å². The SMILES string of the molecule is CCC1NC(=O)C(CC)N(C(C)CCc2ccco2)C1=O. The van der Waals surface area contributed by atoms with Gasteiger partial charge < -0.3 is 14.6 Å². The first-order chi connectivity index (χ1) is 10.1. The lowest BCUT2D eigenvalue weighted by Crippen LogP contribution is -2.65. The van der Waals surface area contributed by atoms with Crippen LogP contribution < -0.4 is 5.32 Å². The summed E-state index contributed by atoms with van der Waals surface area (Å²) in [5.74, 6) is 0.917. The van der Waals surface area contributed by atoms with E-state index < -0.39 is 0 Å². The Labute approximate surface area is 125 Å². The summed E-state index contributed by atoms with van der Waals surface area (Å²) in [6, 6.07) is 3.08.